The zero-order valence-electron chi connectivity index (χ0n) is 26.7. The minimum absolute atomic E-state index is 0.879. The van der Waals surface area contributed by atoms with Gasteiger partial charge in [-0.25, -0.2) is 9.97 Å². The number of hydrogen-bond acceptors (Lipinski definition) is 3. The maximum atomic E-state index is 5.38. The molecule has 8 aromatic carbocycles. The van der Waals surface area contributed by atoms with Crippen LogP contribution in [0.2, 0.25) is 0 Å². The second-order valence-corrected chi connectivity index (χ2v) is 12.2. The number of para-hydroxylation sites is 2. The van der Waals surface area contributed by atoms with Gasteiger partial charge in [-0.2, -0.15) is 0 Å². The lowest BCUT2D eigenvalue weighted by Gasteiger charge is -2.27. The van der Waals surface area contributed by atoms with Crippen LogP contribution in [0.5, 0.6) is 0 Å². The molecule has 0 radical (unpaired) electrons. The second kappa shape index (κ2) is 12.2. The highest BCUT2D eigenvalue weighted by Crippen LogP contribution is 2.42. The Morgan fingerprint density at radius 2 is 0.898 bits per heavy atom. The van der Waals surface area contributed by atoms with Crippen LogP contribution in [-0.2, 0) is 0 Å². The number of hydrogen-bond donors (Lipinski definition) is 0. The Morgan fingerprint density at radius 1 is 0.367 bits per heavy atom. The quantitative estimate of drug-likeness (QED) is 0.172. The van der Waals surface area contributed by atoms with Crippen molar-refractivity contribution in [3.8, 4) is 33.6 Å². The van der Waals surface area contributed by atoms with Crippen LogP contribution in [0, 0.1) is 0 Å². The predicted molar refractivity (Wildman–Crippen MR) is 206 cm³/mol. The Hall–Kier alpha value is -6.58. The molecule has 230 valence electrons. The summed E-state index contributed by atoms with van der Waals surface area (Å²) >= 11 is 0. The lowest BCUT2D eigenvalue weighted by atomic mass is 9.94. The molecule has 3 heteroatoms. The van der Waals surface area contributed by atoms with Crippen molar-refractivity contribution in [1.29, 1.82) is 0 Å². The molecule has 1 aromatic heterocycles. The molecule has 0 aliphatic carbocycles. The summed E-state index contributed by atoms with van der Waals surface area (Å²) in [6.45, 7) is 0. The summed E-state index contributed by atoms with van der Waals surface area (Å²) < 4.78 is 0. The third kappa shape index (κ3) is 5.18. The van der Waals surface area contributed by atoms with Crippen molar-refractivity contribution in [2.45, 2.75) is 0 Å². The average molecular weight is 626 g/mol. The third-order valence-corrected chi connectivity index (χ3v) is 9.23. The van der Waals surface area contributed by atoms with E-state index in [2.05, 4.69) is 181 Å². The largest absolute Gasteiger partial charge is 0.310 e. The van der Waals surface area contributed by atoms with Gasteiger partial charge in [-0.3, -0.25) is 0 Å². The molecule has 0 saturated carbocycles. The standard InChI is InChI=1S/C46H31N3/c1-5-15-33(16-6-1)44-45(34-17-7-2-8-18-34)48-46-41-31-35(26-25-32(41)27-29-42(46)47-44)38-28-30-43(40-24-14-13-23-39(38)40)49(36-19-9-3-10-20-36)37-21-11-4-12-22-37/h1-31H. The zero-order chi connectivity index (χ0) is 32.6. The summed E-state index contributed by atoms with van der Waals surface area (Å²) in [4.78, 5) is 13.0. The van der Waals surface area contributed by atoms with Crippen molar-refractivity contribution in [2.24, 2.45) is 0 Å². The monoisotopic (exact) mass is 625 g/mol. The SMILES string of the molecule is c1ccc(-c2nc3ccc4ccc(-c5ccc(N(c6ccccc6)c6ccccc6)c6ccccc56)cc4c3nc2-c2ccccc2)cc1. The molecule has 0 fully saturated rings. The first-order valence-electron chi connectivity index (χ1n) is 16.6. The number of anilines is 3. The Balaban J connectivity index is 1.24. The van der Waals surface area contributed by atoms with Gasteiger partial charge in [0.2, 0.25) is 0 Å². The highest BCUT2D eigenvalue weighted by atomic mass is 15.1. The highest BCUT2D eigenvalue weighted by molar-refractivity contribution is 6.10. The van der Waals surface area contributed by atoms with Crippen molar-refractivity contribution in [3.63, 3.8) is 0 Å². The molecule has 1 heterocycles. The van der Waals surface area contributed by atoms with Gasteiger partial charge < -0.3 is 4.90 Å². The molecule has 3 nitrogen and oxygen atoms in total. The number of aromatic nitrogens is 2. The molecule has 0 spiro atoms. The number of fused-ring (bicyclic) bond motifs is 4. The van der Waals surface area contributed by atoms with Gasteiger partial charge in [0, 0.05) is 33.3 Å². The van der Waals surface area contributed by atoms with Gasteiger partial charge in [0.1, 0.15) is 0 Å². The molecule has 9 rings (SSSR count). The topological polar surface area (TPSA) is 29.0 Å². The van der Waals surface area contributed by atoms with Gasteiger partial charge in [-0.05, 0) is 64.4 Å². The van der Waals surface area contributed by atoms with E-state index in [1.807, 2.05) is 12.1 Å². The van der Waals surface area contributed by atoms with Crippen LogP contribution in [0.25, 0.3) is 66.2 Å². The fourth-order valence-corrected chi connectivity index (χ4v) is 6.91. The molecule has 0 aliphatic heterocycles. The summed E-state index contributed by atoms with van der Waals surface area (Å²) in [7, 11) is 0. The molecule has 0 saturated heterocycles. The molecular weight excluding hydrogens is 595 g/mol. The Labute approximate surface area is 285 Å². The third-order valence-electron chi connectivity index (χ3n) is 9.23. The molecule has 0 N–H and O–H groups in total. The summed E-state index contributed by atoms with van der Waals surface area (Å²) in [6, 6.07) is 66.1. The first-order chi connectivity index (χ1) is 24.3. The highest BCUT2D eigenvalue weighted by Gasteiger charge is 2.18. The van der Waals surface area contributed by atoms with E-state index in [0.717, 1.165) is 66.9 Å². The van der Waals surface area contributed by atoms with Crippen LogP contribution in [0.15, 0.2) is 188 Å². The van der Waals surface area contributed by atoms with Crippen LogP contribution in [0.1, 0.15) is 0 Å². The van der Waals surface area contributed by atoms with Gasteiger partial charge in [-0.15, -0.1) is 0 Å². The lowest BCUT2D eigenvalue weighted by Crippen LogP contribution is -2.10. The van der Waals surface area contributed by atoms with Gasteiger partial charge in [0.25, 0.3) is 0 Å². The van der Waals surface area contributed by atoms with E-state index in [1.165, 1.54) is 16.3 Å². The average Bonchev–Trinajstić information content (AvgIpc) is 3.19. The number of benzene rings is 8. The molecule has 0 atom stereocenters. The van der Waals surface area contributed by atoms with E-state index in [0.29, 0.717) is 0 Å². The number of rotatable bonds is 6. The predicted octanol–water partition coefficient (Wildman–Crippen LogP) is 12.4. The van der Waals surface area contributed by atoms with Crippen molar-refractivity contribution < 1.29 is 0 Å². The van der Waals surface area contributed by atoms with E-state index >= 15 is 0 Å². The maximum Gasteiger partial charge on any atom is 0.0973 e. The van der Waals surface area contributed by atoms with Gasteiger partial charge in [0.15, 0.2) is 0 Å². The minimum Gasteiger partial charge on any atom is -0.310 e. The van der Waals surface area contributed by atoms with Gasteiger partial charge in [-0.1, -0.05) is 146 Å². The number of nitrogens with zero attached hydrogens (tertiary/aromatic N) is 3. The molecule has 49 heavy (non-hydrogen) atoms. The molecule has 0 bridgehead atoms. The summed E-state index contributed by atoms with van der Waals surface area (Å²) in [6.07, 6.45) is 0. The van der Waals surface area contributed by atoms with Crippen LogP contribution in [0.4, 0.5) is 17.1 Å². The fourth-order valence-electron chi connectivity index (χ4n) is 6.91. The Kier molecular flexibility index (Phi) is 7.14. The fraction of sp³-hybridized carbons (Fsp3) is 0. The zero-order valence-corrected chi connectivity index (χ0v) is 26.7. The smallest absolute Gasteiger partial charge is 0.0973 e. The van der Waals surface area contributed by atoms with Crippen molar-refractivity contribution in [3.05, 3.63) is 188 Å². The molecule has 0 unspecified atom stereocenters. The molecule has 0 aliphatic rings. The molecule has 0 amide bonds. The van der Waals surface area contributed by atoms with Crippen molar-refractivity contribution >= 4 is 49.6 Å². The maximum absolute atomic E-state index is 5.38. The van der Waals surface area contributed by atoms with Crippen LogP contribution in [0.3, 0.4) is 0 Å². The van der Waals surface area contributed by atoms with E-state index in [9.17, 15) is 0 Å². The van der Waals surface area contributed by atoms with Crippen molar-refractivity contribution in [2.75, 3.05) is 4.90 Å². The lowest BCUT2D eigenvalue weighted by molar-refractivity contribution is 1.30. The van der Waals surface area contributed by atoms with E-state index in [1.54, 1.807) is 0 Å². The van der Waals surface area contributed by atoms with E-state index < -0.39 is 0 Å². The first-order valence-corrected chi connectivity index (χ1v) is 16.6. The second-order valence-electron chi connectivity index (χ2n) is 12.2. The van der Waals surface area contributed by atoms with Gasteiger partial charge in [0.05, 0.1) is 28.1 Å². The van der Waals surface area contributed by atoms with E-state index in [-0.39, 0.29) is 0 Å². The molecular formula is C46H31N3. The Bertz CT molecular complexity index is 2540. The molecule has 9 aromatic rings. The Morgan fingerprint density at radius 3 is 1.53 bits per heavy atom. The first kappa shape index (κ1) is 28.6. The summed E-state index contributed by atoms with van der Waals surface area (Å²) in [5.74, 6) is 0. The van der Waals surface area contributed by atoms with Crippen LogP contribution in [-0.4, -0.2) is 9.97 Å². The minimum atomic E-state index is 0.879. The normalized spacial score (nSPS) is 11.3. The van der Waals surface area contributed by atoms with Gasteiger partial charge >= 0.3 is 0 Å². The van der Waals surface area contributed by atoms with Crippen LogP contribution < -0.4 is 4.90 Å². The van der Waals surface area contributed by atoms with Crippen LogP contribution >= 0.6 is 0 Å². The summed E-state index contributed by atoms with van der Waals surface area (Å²) in [5, 5.41) is 4.60. The van der Waals surface area contributed by atoms with E-state index in [4.69, 9.17) is 9.97 Å². The van der Waals surface area contributed by atoms with Crippen molar-refractivity contribution in [1.82, 2.24) is 9.97 Å². The summed E-state index contributed by atoms with van der Waals surface area (Å²) in [5.41, 5.74) is 11.3.